The second-order valence-corrected chi connectivity index (χ2v) is 4.13. The Kier molecular flexibility index (Phi) is 2.30. The smallest absolute Gasteiger partial charge is 0.230 e. The van der Waals surface area contributed by atoms with Crippen LogP contribution in [-0.2, 0) is 0 Å². The number of carbonyl (C=O) groups excluding carboxylic acids is 1. The van der Waals surface area contributed by atoms with Gasteiger partial charge in [-0.3, -0.25) is 4.79 Å². The topological polar surface area (TPSA) is 46.0 Å². The normalized spacial score (nSPS) is 11.0. The fourth-order valence-electron chi connectivity index (χ4n) is 2.05. The van der Waals surface area contributed by atoms with E-state index >= 15 is 0 Å². The van der Waals surface area contributed by atoms with Crippen molar-refractivity contribution in [3.05, 3.63) is 59.4 Å². The van der Waals surface area contributed by atoms with E-state index in [1.165, 1.54) is 18.5 Å². The lowest BCUT2D eigenvalue weighted by Gasteiger charge is -1.98. The molecule has 0 spiro atoms. The summed E-state index contributed by atoms with van der Waals surface area (Å²) >= 11 is 0. The lowest BCUT2D eigenvalue weighted by atomic mass is 10.1. The summed E-state index contributed by atoms with van der Waals surface area (Å²) in [7, 11) is 0. The number of furan rings is 1. The van der Waals surface area contributed by atoms with Crippen LogP contribution in [0.5, 0.6) is 0 Å². The van der Waals surface area contributed by atoms with E-state index in [9.17, 15) is 9.18 Å². The Balaban J connectivity index is 2.22. The molecule has 3 aromatic rings. The van der Waals surface area contributed by atoms with Crippen molar-refractivity contribution in [2.24, 2.45) is 0 Å². The molecule has 0 fully saturated rings. The number of aromatic nitrogens is 1. The molecule has 0 unspecified atom stereocenters. The maximum absolute atomic E-state index is 13.8. The van der Waals surface area contributed by atoms with E-state index in [4.69, 9.17) is 4.42 Å². The van der Waals surface area contributed by atoms with Crippen molar-refractivity contribution in [1.82, 2.24) is 4.98 Å². The molecule has 0 aliphatic carbocycles. The number of hydrogen-bond acceptors (Lipinski definition) is 2. The van der Waals surface area contributed by atoms with E-state index in [1.54, 1.807) is 25.1 Å². The molecule has 2 aromatic heterocycles. The van der Waals surface area contributed by atoms with Gasteiger partial charge in [0.1, 0.15) is 5.82 Å². The van der Waals surface area contributed by atoms with Crippen LogP contribution < -0.4 is 0 Å². The second kappa shape index (κ2) is 3.84. The number of ketones is 1. The molecule has 1 aromatic carbocycles. The molecule has 0 radical (unpaired) electrons. The van der Waals surface area contributed by atoms with Gasteiger partial charge in [-0.25, -0.2) is 4.39 Å². The standard InChI is InChI=1S/C14H10FNO2/c1-8-5-6-18-14(8)13(17)9-7-16-11-4-2-3-10(15)12(9)11/h2-7,16H,1H3. The van der Waals surface area contributed by atoms with Gasteiger partial charge in [0.25, 0.3) is 0 Å². The van der Waals surface area contributed by atoms with Gasteiger partial charge in [-0.1, -0.05) is 6.07 Å². The maximum atomic E-state index is 13.8. The number of aromatic amines is 1. The number of aryl methyl sites for hydroxylation is 1. The first kappa shape index (κ1) is 10.8. The monoisotopic (exact) mass is 243 g/mol. The van der Waals surface area contributed by atoms with Crippen LogP contribution in [0.1, 0.15) is 21.7 Å². The van der Waals surface area contributed by atoms with Gasteiger partial charge in [0.05, 0.1) is 11.8 Å². The van der Waals surface area contributed by atoms with Crippen molar-refractivity contribution >= 4 is 16.7 Å². The molecule has 0 aliphatic rings. The highest BCUT2D eigenvalue weighted by Crippen LogP contribution is 2.25. The third-order valence-electron chi connectivity index (χ3n) is 2.97. The quantitative estimate of drug-likeness (QED) is 0.701. The van der Waals surface area contributed by atoms with Gasteiger partial charge < -0.3 is 9.40 Å². The van der Waals surface area contributed by atoms with Crippen LogP contribution in [0.3, 0.4) is 0 Å². The minimum Gasteiger partial charge on any atom is -0.461 e. The molecule has 0 atom stereocenters. The lowest BCUT2D eigenvalue weighted by Crippen LogP contribution is -2.01. The van der Waals surface area contributed by atoms with Crippen LogP contribution in [0.15, 0.2) is 41.1 Å². The summed E-state index contributed by atoms with van der Waals surface area (Å²) in [6.07, 6.45) is 2.96. The molecule has 0 aliphatic heterocycles. The first-order chi connectivity index (χ1) is 8.68. The number of halogens is 1. The summed E-state index contributed by atoms with van der Waals surface area (Å²) < 4.78 is 18.9. The molecule has 2 heterocycles. The second-order valence-electron chi connectivity index (χ2n) is 4.13. The predicted octanol–water partition coefficient (Wildman–Crippen LogP) is 3.44. The third-order valence-corrected chi connectivity index (χ3v) is 2.97. The summed E-state index contributed by atoms with van der Waals surface area (Å²) in [6, 6.07) is 6.37. The SMILES string of the molecule is Cc1ccoc1C(=O)c1c[nH]c2cccc(F)c12. The maximum Gasteiger partial charge on any atom is 0.230 e. The van der Waals surface area contributed by atoms with Gasteiger partial charge in [-0.05, 0) is 30.7 Å². The number of fused-ring (bicyclic) bond motifs is 1. The Morgan fingerprint density at radius 3 is 2.89 bits per heavy atom. The van der Waals surface area contributed by atoms with Crippen molar-refractivity contribution < 1.29 is 13.6 Å². The van der Waals surface area contributed by atoms with E-state index in [1.807, 2.05) is 0 Å². The summed E-state index contributed by atoms with van der Waals surface area (Å²) in [5, 5.41) is 0.304. The molecule has 90 valence electrons. The Bertz CT molecular complexity index is 739. The van der Waals surface area contributed by atoms with Crippen LogP contribution >= 0.6 is 0 Å². The average molecular weight is 243 g/mol. The predicted molar refractivity (Wildman–Crippen MR) is 65.1 cm³/mol. The summed E-state index contributed by atoms with van der Waals surface area (Å²) in [6.45, 7) is 1.78. The number of carbonyl (C=O) groups is 1. The van der Waals surface area contributed by atoms with Crippen molar-refractivity contribution in [3.8, 4) is 0 Å². The number of nitrogens with one attached hydrogen (secondary N) is 1. The summed E-state index contributed by atoms with van der Waals surface area (Å²) in [5.74, 6) is -0.477. The van der Waals surface area contributed by atoms with Gasteiger partial charge >= 0.3 is 0 Å². The highest BCUT2D eigenvalue weighted by molar-refractivity contribution is 6.15. The van der Waals surface area contributed by atoms with Crippen molar-refractivity contribution in [3.63, 3.8) is 0 Å². The number of H-pyrrole nitrogens is 1. The minimum atomic E-state index is -0.415. The van der Waals surface area contributed by atoms with E-state index in [0.717, 1.165) is 5.56 Å². The van der Waals surface area contributed by atoms with Crippen molar-refractivity contribution in [1.29, 1.82) is 0 Å². The zero-order valence-corrected chi connectivity index (χ0v) is 9.66. The van der Waals surface area contributed by atoms with Gasteiger partial charge in [-0.2, -0.15) is 0 Å². The highest BCUT2D eigenvalue weighted by atomic mass is 19.1. The fourth-order valence-corrected chi connectivity index (χ4v) is 2.05. The van der Waals surface area contributed by atoms with Crippen LogP contribution in [0, 0.1) is 12.7 Å². The molecule has 4 heteroatoms. The molecule has 0 saturated heterocycles. The summed E-state index contributed by atoms with van der Waals surface area (Å²) in [5.41, 5.74) is 1.63. The average Bonchev–Trinajstić information content (AvgIpc) is 2.95. The minimum absolute atomic E-state index is 0.249. The first-order valence-electron chi connectivity index (χ1n) is 5.53. The molecular formula is C14H10FNO2. The van der Waals surface area contributed by atoms with Crippen molar-refractivity contribution in [2.45, 2.75) is 6.92 Å². The highest BCUT2D eigenvalue weighted by Gasteiger charge is 2.20. The Morgan fingerprint density at radius 1 is 1.33 bits per heavy atom. The van der Waals surface area contributed by atoms with Crippen LogP contribution in [0.2, 0.25) is 0 Å². The Labute approximate surface area is 102 Å². The van der Waals surface area contributed by atoms with E-state index in [-0.39, 0.29) is 11.5 Å². The van der Waals surface area contributed by atoms with Crippen LogP contribution in [0.25, 0.3) is 10.9 Å². The molecule has 0 bridgehead atoms. The Morgan fingerprint density at radius 2 is 2.17 bits per heavy atom. The molecule has 18 heavy (non-hydrogen) atoms. The van der Waals surface area contributed by atoms with E-state index in [2.05, 4.69) is 4.98 Å². The molecule has 3 rings (SSSR count). The molecule has 0 saturated carbocycles. The number of benzene rings is 1. The molecule has 3 nitrogen and oxygen atoms in total. The van der Waals surface area contributed by atoms with Gasteiger partial charge in [0.15, 0.2) is 5.76 Å². The van der Waals surface area contributed by atoms with Crippen LogP contribution in [-0.4, -0.2) is 10.8 Å². The fraction of sp³-hybridized carbons (Fsp3) is 0.0714. The zero-order valence-electron chi connectivity index (χ0n) is 9.66. The Hall–Kier alpha value is -2.36. The molecular weight excluding hydrogens is 233 g/mol. The zero-order chi connectivity index (χ0) is 12.7. The van der Waals surface area contributed by atoms with Crippen LogP contribution in [0.4, 0.5) is 4.39 Å². The largest absolute Gasteiger partial charge is 0.461 e. The van der Waals surface area contributed by atoms with E-state index < -0.39 is 5.82 Å². The number of hydrogen-bond donors (Lipinski definition) is 1. The van der Waals surface area contributed by atoms with Gasteiger partial charge in [-0.15, -0.1) is 0 Å². The first-order valence-corrected chi connectivity index (χ1v) is 5.53. The lowest BCUT2D eigenvalue weighted by molar-refractivity contribution is 0.101. The van der Waals surface area contributed by atoms with Gasteiger partial charge in [0.2, 0.25) is 5.78 Å². The molecule has 0 amide bonds. The number of rotatable bonds is 2. The van der Waals surface area contributed by atoms with Gasteiger partial charge in [0, 0.05) is 17.1 Å². The summed E-state index contributed by atoms with van der Waals surface area (Å²) in [4.78, 5) is 15.2. The molecule has 1 N–H and O–H groups in total. The third kappa shape index (κ3) is 1.46. The van der Waals surface area contributed by atoms with Crippen molar-refractivity contribution in [2.75, 3.05) is 0 Å². The van der Waals surface area contributed by atoms with E-state index in [0.29, 0.717) is 16.5 Å².